The van der Waals surface area contributed by atoms with Gasteiger partial charge in [0, 0.05) is 12.3 Å². The number of aromatic carboxylic acids is 1. The Morgan fingerprint density at radius 3 is 2.19 bits per heavy atom. The zero-order chi connectivity index (χ0) is 16.1. The molecule has 1 aromatic carbocycles. The summed E-state index contributed by atoms with van der Waals surface area (Å²) in [6.07, 6.45) is 0. The first kappa shape index (κ1) is 17.6. The lowest BCUT2D eigenvalue weighted by molar-refractivity contribution is 0.0697. The van der Waals surface area contributed by atoms with Crippen molar-refractivity contribution in [3.63, 3.8) is 0 Å². The molecule has 0 spiro atoms. The molecule has 1 aromatic rings. The third-order valence-corrected chi connectivity index (χ3v) is 5.80. The van der Waals surface area contributed by atoms with Gasteiger partial charge in [-0.25, -0.2) is 26.4 Å². The van der Waals surface area contributed by atoms with Crippen LogP contribution < -0.4 is 4.72 Å². The van der Waals surface area contributed by atoms with E-state index >= 15 is 0 Å². The minimum atomic E-state index is -3.66. The van der Waals surface area contributed by atoms with Crippen LogP contribution in [0.2, 0.25) is 0 Å². The Morgan fingerprint density at radius 2 is 1.71 bits per heavy atom. The van der Waals surface area contributed by atoms with Crippen LogP contribution in [-0.2, 0) is 25.6 Å². The lowest BCUT2D eigenvalue weighted by Gasteiger charge is -2.07. The maximum Gasteiger partial charge on any atom is 0.335 e. The number of carboxylic acids is 1. The second-order valence-electron chi connectivity index (χ2n) is 4.39. The highest BCUT2D eigenvalue weighted by Gasteiger charge is 2.14. The smallest absolute Gasteiger partial charge is 0.335 e. The third kappa shape index (κ3) is 6.23. The first-order valence-electron chi connectivity index (χ1n) is 6.15. The summed E-state index contributed by atoms with van der Waals surface area (Å²) in [6.45, 7) is 1.32. The number of nitrogens with one attached hydrogen (secondary N) is 1. The van der Waals surface area contributed by atoms with Gasteiger partial charge in [-0.15, -0.1) is 0 Å². The molecule has 0 radical (unpaired) electrons. The highest BCUT2D eigenvalue weighted by Crippen LogP contribution is 2.08. The van der Waals surface area contributed by atoms with Crippen molar-refractivity contribution >= 4 is 25.8 Å². The Labute approximate surface area is 124 Å². The number of benzene rings is 1. The van der Waals surface area contributed by atoms with Crippen LogP contribution in [-0.4, -0.2) is 46.0 Å². The van der Waals surface area contributed by atoms with E-state index in [1.54, 1.807) is 0 Å². The fourth-order valence-electron chi connectivity index (χ4n) is 1.51. The molecule has 0 saturated carbocycles. The van der Waals surface area contributed by atoms with E-state index in [2.05, 4.69) is 4.72 Å². The average Bonchev–Trinajstić information content (AvgIpc) is 2.38. The van der Waals surface area contributed by atoms with E-state index in [0.717, 1.165) is 0 Å². The van der Waals surface area contributed by atoms with Gasteiger partial charge in [0.05, 0.1) is 17.1 Å². The molecule has 9 heteroatoms. The minimum absolute atomic E-state index is 0.0363. The van der Waals surface area contributed by atoms with Crippen molar-refractivity contribution in [1.82, 2.24) is 4.72 Å². The molecule has 21 heavy (non-hydrogen) atoms. The predicted octanol–water partition coefficient (Wildman–Crippen LogP) is 0.239. The maximum atomic E-state index is 11.8. The summed E-state index contributed by atoms with van der Waals surface area (Å²) in [6, 6.07) is 5.44. The van der Waals surface area contributed by atoms with Crippen LogP contribution in [0.5, 0.6) is 0 Å². The topological polar surface area (TPSA) is 118 Å². The van der Waals surface area contributed by atoms with Gasteiger partial charge in [-0.1, -0.05) is 19.1 Å². The maximum absolute atomic E-state index is 11.8. The summed E-state index contributed by atoms with van der Waals surface area (Å²) in [7, 11) is -6.88. The van der Waals surface area contributed by atoms with Crippen LogP contribution in [0.25, 0.3) is 0 Å². The first-order chi connectivity index (χ1) is 9.65. The standard InChI is InChI=1S/C12H17NO6S2/c1-2-20(16,17)8-7-13-21(18,19)9-10-3-5-11(6-4-10)12(14)15/h3-6,13H,2,7-9H2,1H3,(H,14,15). The lowest BCUT2D eigenvalue weighted by Crippen LogP contribution is -2.30. The van der Waals surface area contributed by atoms with Crippen molar-refractivity contribution in [2.24, 2.45) is 0 Å². The minimum Gasteiger partial charge on any atom is -0.478 e. The van der Waals surface area contributed by atoms with Crippen molar-refractivity contribution in [2.45, 2.75) is 12.7 Å². The number of hydrogen-bond acceptors (Lipinski definition) is 5. The van der Waals surface area contributed by atoms with Gasteiger partial charge in [-0.2, -0.15) is 0 Å². The monoisotopic (exact) mass is 335 g/mol. The SMILES string of the molecule is CCS(=O)(=O)CCNS(=O)(=O)Cc1ccc(C(=O)O)cc1. The van der Waals surface area contributed by atoms with E-state index in [4.69, 9.17) is 5.11 Å². The Bertz CT molecular complexity index is 692. The number of hydrogen-bond donors (Lipinski definition) is 2. The van der Waals surface area contributed by atoms with Crippen LogP contribution in [0.4, 0.5) is 0 Å². The fraction of sp³-hybridized carbons (Fsp3) is 0.417. The Hall–Kier alpha value is -1.45. The van der Waals surface area contributed by atoms with Gasteiger partial charge in [0.25, 0.3) is 0 Å². The van der Waals surface area contributed by atoms with Gasteiger partial charge in [0.2, 0.25) is 10.0 Å². The quantitative estimate of drug-likeness (QED) is 0.702. The summed E-state index contributed by atoms with van der Waals surface area (Å²) in [4.78, 5) is 10.7. The number of rotatable bonds is 8. The largest absolute Gasteiger partial charge is 0.478 e. The number of carboxylic acid groups (broad SMARTS) is 1. The van der Waals surface area contributed by atoms with E-state index in [9.17, 15) is 21.6 Å². The van der Waals surface area contributed by atoms with Crippen LogP contribution in [0, 0.1) is 0 Å². The van der Waals surface area contributed by atoms with E-state index in [-0.39, 0.29) is 29.4 Å². The van der Waals surface area contributed by atoms with Crippen LogP contribution in [0.3, 0.4) is 0 Å². The molecular weight excluding hydrogens is 318 g/mol. The summed E-state index contributed by atoms with van der Waals surface area (Å²) < 4.78 is 48.3. The van der Waals surface area contributed by atoms with Gasteiger partial charge in [0.15, 0.2) is 9.84 Å². The summed E-state index contributed by atoms with van der Waals surface area (Å²) in [5.74, 6) is -1.71. The van der Waals surface area contributed by atoms with E-state index < -0.39 is 25.8 Å². The molecule has 2 N–H and O–H groups in total. The first-order valence-corrected chi connectivity index (χ1v) is 9.62. The summed E-state index contributed by atoms with van der Waals surface area (Å²) in [5, 5.41) is 8.74. The molecule has 0 bridgehead atoms. The molecule has 0 aliphatic heterocycles. The highest BCUT2D eigenvalue weighted by atomic mass is 32.2. The molecule has 0 amide bonds. The van der Waals surface area contributed by atoms with Crippen LogP contribution >= 0.6 is 0 Å². The highest BCUT2D eigenvalue weighted by molar-refractivity contribution is 7.91. The van der Waals surface area contributed by atoms with Crippen LogP contribution in [0.15, 0.2) is 24.3 Å². The second-order valence-corrected chi connectivity index (χ2v) is 8.67. The molecule has 118 valence electrons. The number of carbonyl (C=O) groups is 1. The van der Waals surface area contributed by atoms with Crippen molar-refractivity contribution in [3.05, 3.63) is 35.4 Å². The Morgan fingerprint density at radius 1 is 1.14 bits per heavy atom. The molecule has 0 atom stereocenters. The summed E-state index contributed by atoms with van der Waals surface area (Å²) in [5.41, 5.74) is 0.490. The molecule has 1 rings (SSSR count). The predicted molar refractivity (Wildman–Crippen MR) is 78.4 cm³/mol. The number of sulfonamides is 1. The zero-order valence-corrected chi connectivity index (χ0v) is 13.1. The molecule has 0 aliphatic rings. The second kappa shape index (κ2) is 7.01. The third-order valence-electron chi connectivity index (χ3n) is 2.73. The molecule has 0 unspecified atom stereocenters. The summed E-state index contributed by atoms with van der Waals surface area (Å²) >= 11 is 0. The molecule has 0 saturated heterocycles. The average molecular weight is 335 g/mol. The Kier molecular flexibility index (Phi) is 5.87. The van der Waals surface area contributed by atoms with E-state index in [0.29, 0.717) is 5.56 Å². The molecule has 0 aliphatic carbocycles. The lowest BCUT2D eigenvalue weighted by atomic mass is 10.1. The normalized spacial score (nSPS) is 12.2. The molecule has 0 heterocycles. The van der Waals surface area contributed by atoms with Gasteiger partial charge < -0.3 is 5.11 Å². The molecule has 7 nitrogen and oxygen atoms in total. The molecule has 0 aromatic heterocycles. The van der Waals surface area contributed by atoms with Crippen molar-refractivity contribution < 1.29 is 26.7 Å². The van der Waals surface area contributed by atoms with Gasteiger partial charge in [0.1, 0.15) is 0 Å². The van der Waals surface area contributed by atoms with Crippen molar-refractivity contribution in [2.75, 3.05) is 18.1 Å². The van der Waals surface area contributed by atoms with Gasteiger partial charge in [-0.3, -0.25) is 0 Å². The Balaban J connectivity index is 2.62. The molecular formula is C12H17NO6S2. The van der Waals surface area contributed by atoms with Crippen molar-refractivity contribution in [3.8, 4) is 0 Å². The van der Waals surface area contributed by atoms with E-state index in [1.807, 2.05) is 0 Å². The van der Waals surface area contributed by atoms with Crippen LogP contribution in [0.1, 0.15) is 22.8 Å². The zero-order valence-electron chi connectivity index (χ0n) is 11.4. The van der Waals surface area contributed by atoms with Gasteiger partial charge >= 0.3 is 5.97 Å². The molecule has 0 fully saturated rings. The fourth-order valence-corrected chi connectivity index (χ4v) is 3.49. The number of sulfone groups is 1. The van der Waals surface area contributed by atoms with Gasteiger partial charge in [-0.05, 0) is 17.7 Å². The van der Waals surface area contributed by atoms with Crippen molar-refractivity contribution in [1.29, 1.82) is 0 Å². The van der Waals surface area contributed by atoms with E-state index in [1.165, 1.54) is 31.2 Å².